The second kappa shape index (κ2) is 12.8. The number of rotatable bonds is 12. The molecule has 0 aromatic rings. The van der Waals surface area contributed by atoms with E-state index in [9.17, 15) is 4.79 Å². The third-order valence-electron chi connectivity index (χ3n) is 2.63. The number of carbonyl (C=O) groups excluding carboxylic acids is 1. The van der Waals surface area contributed by atoms with Gasteiger partial charge in [0.05, 0.1) is 19.8 Å². The summed E-state index contributed by atoms with van der Waals surface area (Å²) in [5, 5.41) is 6.04. The third kappa shape index (κ3) is 11.8. The summed E-state index contributed by atoms with van der Waals surface area (Å²) in [7, 11) is 1.66. The van der Waals surface area contributed by atoms with Crippen LogP contribution in [0, 0.1) is 0 Å². The van der Waals surface area contributed by atoms with E-state index in [4.69, 9.17) is 9.47 Å². The Balaban J connectivity index is 3.17. The van der Waals surface area contributed by atoms with Crippen molar-refractivity contribution < 1.29 is 14.3 Å². The molecule has 5 heteroatoms. The number of carbonyl (C=O) groups is 1. The predicted octanol–water partition coefficient (Wildman–Crippen LogP) is 0.934. The van der Waals surface area contributed by atoms with Crippen molar-refractivity contribution in [2.24, 2.45) is 0 Å². The van der Waals surface area contributed by atoms with Crippen LogP contribution in [0.4, 0.5) is 0 Å². The molecular formula is C13H28N2O3. The molecule has 0 saturated carbocycles. The molecule has 0 aliphatic carbocycles. The van der Waals surface area contributed by atoms with Gasteiger partial charge >= 0.3 is 0 Å². The van der Waals surface area contributed by atoms with Crippen LogP contribution in [0.1, 0.15) is 33.1 Å². The van der Waals surface area contributed by atoms with Crippen molar-refractivity contribution in [2.45, 2.75) is 39.2 Å². The van der Waals surface area contributed by atoms with Crippen molar-refractivity contribution in [2.75, 3.05) is 40.0 Å². The van der Waals surface area contributed by atoms with Crippen molar-refractivity contribution in [1.82, 2.24) is 10.6 Å². The fourth-order valence-corrected chi connectivity index (χ4v) is 1.33. The van der Waals surface area contributed by atoms with Gasteiger partial charge in [-0.05, 0) is 32.7 Å². The average molecular weight is 260 g/mol. The van der Waals surface area contributed by atoms with Crippen molar-refractivity contribution in [3.05, 3.63) is 0 Å². The maximum absolute atomic E-state index is 11.4. The summed E-state index contributed by atoms with van der Waals surface area (Å²) in [6.07, 6.45) is 2.98. The molecule has 0 aromatic heterocycles. The van der Waals surface area contributed by atoms with Crippen LogP contribution in [-0.4, -0.2) is 52.0 Å². The van der Waals surface area contributed by atoms with Gasteiger partial charge in [0.15, 0.2) is 0 Å². The lowest BCUT2D eigenvalue weighted by Crippen LogP contribution is -2.39. The molecule has 1 unspecified atom stereocenters. The summed E-state index contributed by atoms with van der Waals surface area (Å²) in [4.78, 5) is 11.4. The number of nitrogens with one attached hydrogen (secondary N) is 2. The van der Waals surface area contributed by atoms with E-state index < -0.39 is 0 Å². The minimum atomic E-state index is 0.0701. The first-order chi connectivity index (χ1) is 8.70. The Morgan fingerprint density at radius 1 is 1.22 bits per heavy atom. The molecule has 0 radical (unpaired) electrons. The van der Waals surface area contributed by atoms with Gasteiger partial charge in [0, 0.05) is 19.8 Å². The molecule has 0 fully saturated rings. The van der Waals surface area contributed by atoms with Gasteiger partial charge in [-0.1, -0.05) is 6.92 Å². The van der Waals surface area contributed by atoms with Crippen molar-refractivity contribution in [3.8, 4) is 0 Å². The number of methoxy groups -OCH3 is 1. The van der Waals surface area contributed by atoms with Crippen LogP contribution in [0.5, 0.6) is 0 Å². The monoisotopic (exact) mass is 260 g/mol. The topological polar surface area (TPSA) is 59.6 Å². The zero-order valence-electron chi connectivity index (χ0n) is 12.0. The number of hydrogen-bond donors (Lipinski definition) is 2. The van der Waals surface area contributed by atoms with Gasteiger partial charge in [0.2, 0.25) is 5.91 Å². The molecule has 0 aliphatic rings. The van der Waals surface area contributed by atoms with E-state index in [-0.39, 0.29) is 11.9 Å². The molecular weight excluding hydrogens is 232 g/mol. The van der Waals surface area contributed by atoms with Crippen LogP contribution in [0.2, 0.25) is 0 Å². The molecule has 1 amide bonds. The van der Waals surface area contributed by atoms with Crippen LogP contribution < -0.4 is 10.6 Å². The van der Waals surface area contributed by atoms with E-state index in [1.54, 1.807) is 7.11 Å². The number of amides is 1. The molecule has 0 spiro atoms. The van der Waals surface area contributed by atoms with Gasteiger partial charge in [-0.25, -0.2) is 0 Å². The first-order valence-electron chi connectivity index (χ1n) is 6.77. The molecule has 0 heterocycles. The summed E-state index contributed by atoms with van der Waals surface area (Å²) in [6.45, 7) is 7.37. The molecule has 0 rings (SSSR count). The summed E-state index contributed by atoms with van der Waals surface area (Å²) in [5.74, 6) is 0.0701. The third-order valence-corrected chi connectivity index (χ3v) is 2.63. The smallest absolute Gasteiger partial charge is 0.234 e. The van der Waals surface area contributed by atoms with Gasteiger partial charge in [0.25, 0.3) is 0 Å². The molecule has 1 atom stereocenters. The number of hydrogen-bond acceptors (Lipinski definition) is 4. The number of ether oxygens (including phenoxy) is 2. The second-order valence-electron chi connectivity index (χ2n) is 4.37. The van der Waals surface area contributed by atoms with E-state index in [2.05, 4.69) is 17.6 Å². The summed E-state index contributed by atoms with van der Waals surface area (Å²) >= 11 is 0. The van der Waals surface area contributed by atoms with E-state index in [1.807, 2.05) is 6.92 Å². The largest absolute Gasteiger partial charge is 0.382 e. The lowest BCUT2D eigenvalue weighted by atomic mass is 10.2. The zero-order valence-corrected chi connectivity index (χ0v) is 12.0. The summed E-state index contributed by atoms with van der Waals surface area (Å²) in [5.41, 5.74) is 0. The van der Waals surface area contributed by atoms with Gasteiger partial charge in [0.1, 0.15) is 0 Å². The molecule has 0 aliphatic heterocycles. The predicted molar refractivity (Wildman–Crippen MR) is 72.7 cm³/mol. The fourth-order valence-electron chi connectivity index (χ4n) is 1.33. The van der Waals surface area contributed by atoms with Crippen molar-refractivity contribution in [1.29, 1.82) is 0 Å². The SMILES string of the molecule is CCC(C)NC(=O)CNCCCCOCCOC. The van der Waals surface area contributed by atoms with E-state index >= 15 is 0 Å². The minimum absolute atomic E-state index is 0.0701. The van der Waals surface area contributed by atoms with E-state index in [0.29, 0.717) is 19.8 Å². The Labute approximate surface area is 111 Å². The maximum Gasteiger partial charge on any atom is 0.234 e. The van der Waals surface area contributed by atoms with Crippen LogP contribution in [0.25, 0.3) is 0 Å². The van der Waals surface area contributed by atoms with Gasteiger partial charge in [-0.3, -0.25) is 4.79 Å². The molecule has 5 nitrogen and oxygen atoms in total. The van der Waals surface area contributed by atoms with Crippen molar-refractivity contribution >= 4 is 5.91 Å². The highest BCUT2D eigenvalue weighted by Gasteiger charge is 2.03. The fraction of sp³-hybridized carbons (Fsp3) is 0.923. The highest BCUT2D eigenvalue weighted by Crippen LogP contribution is 1.89. The Hall–Kier alpha value is -0.650. The van der Waals surface area contributed by atoms with Gasteiger partial charge in [-0.15, -0.1) is 0 Å². The van der Waals surface area contributed by atoms with Crippen LogP contribution in [-0.2, 0) is 14.3 Å². The molecule has 0 saturated heterocycles. The van der Waals surface area contributed by atoms with Gasteiger partial charge < -0.3 is 20.1 Å². The maximum atomic E-state index is 11.4. The Morgan fingerprint density at radius 3 is 2.67 bits per heavy atom. The number of unbranched alkanes of at least 4 members (excludes halogenated alkanes) is 1. The van der Waals surface area contributed by atoms with Crippen LogP contribution in [0.15, 0.2) is 0 Å². The lowest BCUT2D eigenvalue weighted by molar-refractivity contribution is -0.120. The van der Waals surface area contributed by atoms with Gasteiger partial charge in [-0.2, -0.15) is 0 Å². The Kier molecular flexibility index (Phi) is 12.3. The summed E-state index contributed by atoms with van der Waals surface area (Å²) < 4.78 is 10.2. The lowest BCUT2D eigenvalue weighted by Gasteiger charge is -2.11. The van der Waals surface area contributed by atoms with Crippen molar-refractivity contribution in [3.63, 3.8) is 0 Å². The standard InChI is InChI=1S/C13H28N2O3/c1-4-12(2)15-13(16)11-14-7-5-6-8-18-10-9-17-3/h12,14H,4-11H2,1-3H3,(H,15,16). The Bertz CT molecular complexity index is 201. The highest BCUT2D eigenvalue weighted by atomic mass is 16.5. The quantitative estimate of drug-likeness (QED) is 0.513. The summed E-state index contributed by atoms with van der Waals surface area (Å²) in [6, 6.07) is 0.258. The molecule has 0 aromatic carbocycles. The molecule has 0 bridgehead atoms. The second-order valence-corrected chi connectivity index (χ2v) is 4.37. The molecule has 18 heavy (non-hydrogen) atoms. The molecule has 108 valence electrons. The van der Waals surface area contributed by atoms with E-state index in [0.717, 1.165) is 32.4 Å². The highest BCUT2D eigenvalue weighted by molar-refractivity contribution is 5.78. The van der Waals surface area contributed by atoms with Crippen LogP contribution in [0.3, 0.4) is 0 Å². The van der Waals surface area contributed by atoms with Crippen LogP contribution >= 0.6 is 0 Å². The Morgan fingerprint density at radius 2 is 2.00 bits per heavy atom. The zero-order chi connectivity index (χ0) is 13.6. The molecule has 2 N–H and O–H groups in total. The van der Waals surface area contributed by atoms with E-state index in [1.165, 1.54) is 0 Å². The normalized spacial score (nSPS) is 12.4. The minimum Gasteiger partial charge on any atom is -0.382 e. The average Bonchev–Trinajstić information content (AvgIpc) is 2.36. The first-order valence-corrected chi connectivity index (χ1v) is 6.77. The first kappa shape index (κ1) is 17.4.